The second-order valence-corrected chi connectivity index (χ2v) is 18.2. The van der Waals surface area contributed by atoms with Crippen molar-refractivity contribution in [1.82, 2.24) is 9.97 Å². The van der Waals surface area contributed by atoms with Gasteiger partial charge in [-0.05, 0) is 122 Å². The third-order valence-corrected chi connectivity index (χ3v) is 15.2. The molecule has 2 aromatic heterocycles. The Kier molecular flexibility index (Phi) is 7.82. The van der Waals surface area contributed by atoms with Crippen LogP contribution in [0.5, 0.6) is 0 Å². The summed E-state index contributed by atoms with van der Waals surface area (Å²) in [5.74, 6) is 0. The number of aromatic nitrogens is 2. The highest BCUT2D eigenvalue weighted by Crippen LogP contribution is 2.62. The highest BCUT2D eigenvalue weighted by atomic mass is 32.2. The van der Waals surface area contributed by atoms with Gasteiger partial charge >= 0.3 is 0 Å². The van der Waals surface area contributed by atoms with Crippen LogP contribution in [-0.2, 0) is 5.41 Å². The number of nitriles is 1. The van der Waals surface area contributed by atoms with Gasteiger partial charge in [0.15, 0.2) is 5.69 Å². The summed E-state index contributed by atoms with van der Waals surface area (Å²) in [7, 11) is 0. The minimum atomic E-state index is -0.551. The summed E-state index contributed by atoms with van der Waals surface area (Å²) in [4.78, 5) is 16.6. The summed E-state index contributed by atoms with van der Waals surface area (Å²) in [5.41, 5.74) is 14.9. The minimum Gasteiger partial charge on any atom is -0.237 e. The highest BCUT2D eigenvalue weighted by molar-refractivity contribution is 7.99. The molecule has 0 atom stereocenters. The van der Waals surface area contributed by atoms with Gasteiger partial charge in [0.2, 0.25) is 0 Å². The van der Waals surface area contributed by atoms with Crippen LogP contribution >= 0.6 is 34.4 Å². The zero-order valence-corrected chi connectivity index (χ0v) is 34.1. The molecule has 8 aromatic carbocycles. The molecule has 0 unspecified atom stereocenters. The number of fused-ring (bicyclic) bond motifs is 11. The summed E-state index contributed by atoms with van der Waals surface area (Å²) in [6.45, 7) is 8.40. The van der Waals surface area contributed by atoms with Gasteiger partial charge in [0.1, 0.15) is 10.0 Å². The summed E-state index contributed by atoms with van der Waals surface area (Å²) >= 11 is 5.13. The van der Waals surface area contributed by atoms with Gasteiger partial charge in [-0.2, -0.15) is 5.26 Å². The van der Waals surface area contributed by atoms with Crippen molar-refractivity contribution in [2.45, 2.75) is 15.2 Å². The Labute approximate surface area is 358 Å². The van der Waals surface area contributed by atoms with Gasteiger partial charge in [0, 0.05) is 26.5 Å². The monoisotopic (exact) mass is 816 g/mol. The Bertz CT molecular complexity index is 3320. The zero-order valence-electron chi connectivity index (χ0n) is 31.7. The SMILES string of the molecule is [C-]#[N+]c1cc(C#N)c(-c2ccc3c(c2)C2(c4ccccc4Sc4ccccc42)c2ccccc2-3)cc1-c1cc(-c2nc3ccccc3s2)cc(-c2nc3ccccc3s2)c1. The molecular formula is C53H28N4S3. The largest absolute Gasteiger partial charge is 0.237 e. The summed E-state index contributed by atoms with van der Waals surface area (Å²) in [6.07, 6.45) is 0. The van der Waals surface area contributed by atoms with E-state index >= 15 is 0 Å². The number of para-hydroxylation sites is 2. The van der Waals surface area contributed by atoms with E-state index in [0.29, 0.717) is 11.3 Å². The summed E-state index contributed by atoms with van der Waals surface area (Å²) in [6, 6.07) is 62.1. The third kappa shape index (κ3) is 5.14. The first-order valence-electron chi connectivity index (χ1n) is 19.6. The van der Waals surface area contributed by atoms with Gasteiger partial charge in [-0.1, -0.05) is 115 Å². The molecule has 10 aromatic rings. The first kappa shape index (κ1) is 34.9. The van der Waals surface area contributed by atoms with Crippen LogP contribution in [0.4, 0.5) is 5.69 Å². The first-order chi connectivity index (χ1) is 29.6. The highest BCUT2D eigenvalue weighted by Gasteiger charge is 2.50. The van der Waals surface area contributed by atoms with Crippen LogP contribution in [0.2, 0.25) is 0 Å². The molecule has 0 saturated heterocycles. The molecule has 0 bridgehead atoms. The average molecular weight is 817 g/mol. The van der Waals surface area contributed by atoms with Crippen LogP contribution in [-0.4, -0.2) is 9.97 Å². The van der Waals surface area contributed by atoms with Crippen molar-refractivity contribution in [3.8, 4) is 60.6 Å². The Balaban J connectivity index is 1.09. The van der Waals surface area contributed by atoms with E-state index in [1.54, 1.807) is 28.7 Å². The first-order valence-corrected chi connectivity index (χ1v) is 22.0. The van der Waals surface area contributed by atoms with E-state index in [1.807, 2.05) is 48.2 Å². The number of benzene rings is 8. The van der Waals surface area contributed by atoms with Crippen molar-refractivity contribution in [2.24, 2.45) is 0 Å². The molecule has 0 radical (unpaired) electrons. The number of thiazole rings is 2. The van der Waals surface area contributed by atoms with Gasteiger partial charge < -0.3 is 0 Å². The second kappa shape index (κ2) is 13.5. The fraction of sp³-hybridized carbons (Fsp3) is 0.0189. The summed E-state index contributed by atoms with van der Waals surface area (Å²) in [5, 5.41) is 12.5. The van der Waals surface area contributed by atoms with Crippen molar-refractivity contribution < 1.29 is 0 Å². The number of rotatable bonds is 4. The maximum Gasteiger partial charge on any atom is 0.196 e. The molecule has 278 valence electrons. The van der Waals surface area contributed by atoms with Crippen molar-refractivity contribution in [2.75, 3.05) is 0 Å². The van der Waals surface area contributed by atoms with Crippen molar-refractivity contribution >= 4 is 60.6 Å². The third-order valence-electron chi connectivity index (χ3n) is 11.9. The van der Waals surface area contributed by atoms with Crippen LogP contribution in [0.15, 0.2) is 180 Å². The molecule has 3 heterocycles. The maximum absolute atomic E-state index is 10.8. The zero-order chi connectivity index (χ0) is 40.0. The Morgan fingerprint density at radius 3 is 1.65 bits per heavy atom. The van der Waals surface area contributed by atoms with Crippen LogP contribution < -0.4 is 0 Å². The molecule has 60 heavy (non-hydrogen) atoms. The average Bonchev–Trinajstić information content (AvgIpc) is 4.02. The minimum absolute atomic E-state index is 0.421. The Hall–Kier alpha value is -7.13. The van der Waals surface area contributed by atoms with Crippen LogP contribution in [0.1, 0.15) is 27.8 Å². The molecule has 0 saturated carbocycles. The van der Waals surface area contributed by atoms with Gasteiger partial charge in [-0.25, -0.2) is 14.8 Å². The molecule has 1 spiro atoms. The van der Waals surface area contributed by atoms with E-state index < -0.39 is 5.41 Å². The molecule has 1 aliphatic heterocycles. The fourth-order valence-corrected chi connectivity index (χ4v) is 12.4. The molecule has 0 amide bonds. The fourth-order valence-electron chi connectivity index (χ4n) is 9.29. The van der Waals surface area contributed by atoms with Gasteiger partial charge in [-0.15, -0.1) is 22.7 Å². The van der Waals surface area contributed by atoms with Crippen LogP contribution in [0.25, 0.3) is 79.8 Å². The standard InChI is InChI=1S/C53H28N4S3/c1-55-46-28-35(30-54)38(29-39(46)32-24-33(51-56-44-16-6-10-20-49(44)59-51)26-34(25-32)52-57-45-17-7-11-21-50(45)60-52)31-22-23-37-36-12-2-3-13-40(36)53(43(37)27-31)41-14-4-8-18-47(41)58-48-19-9-5-15-42(48)53/h2-29H. The second-order valence-electron chi connectivity index (χ2n) is 15.1. The van der Waals surface area contributed by atoms with E-state index in [2.05, 4.69) is 138 Å². The predicted molar refractivity (Wildman–Crippen MR) is 247 cm³/mol. The molecule has 7 heteroatoms. The summed E-state index contributed by atoms with van der Waals surface area (Å²) < 4.78 is 2.22. The number of hydrogen-bond acceptors (Lipinski definition) is 6. The molecule has 2 aliphatic rings. The Morgan fingerprint density at radius 1 is 0.483 bits per heavy atom. The normalized spacial score (nSPS) is 13.0. The Morgan fingerprint density at radius 2 is 1.03 bits per heavy atom. The number of hydrogen-bond donors (Lipinski definition) is 0. The molecule has 12 rings (SSSR count). The van der Waals surface area contributed by atoms with Crippen LogP contribution in [0.3, 0.4) is 0 Å². The van der Waals surface area contributed by atoms with Gasteiger partial charge in [-0.3, -0.25) is 0 Å². The molecular weight excluding hydrogens is 789 g/mol. The van der Waals surface area contributed by atoms with E-state index in [1.165, 1.54) is 43.2 Å². The van der Waals surface area contributed by atoms with Gasteiger partial charge in [0.25, 0.3) is 0 Å². The van der Waals surface area contributed by atoms with E-state index in [0.717, 1.165) is 63.8 Å². The van der Waals surface area contributed by atoms with Crippen molar-refractivity contribution in [3.05, 3.63) is 209 Å². The smallest absolute Gasteiger partial charge is 0.196 e. The van der Waals surface area contributed by atoms with E-state index in [4.69, 9.17) is 16.5 Å². The van der Waals surface area contributed by atoms with Crippen molar-refractivity contribution in [1.29, 1.82) is 5.26 Å². The predicted octanol–water partition coefficient (Wildman–Crippen LogP) is 14.8. The van der Waals surface area contributed by atoms with Gasteiger partial charge in [0.05, 0.1) is 38.5 Å². The van der Waals surface area contributed by atoms with Crippen LogP contribution in [0, 0.1) is 17.9 Å². The molecule has 0 N–H and O–H groups in total. The van der Waals surface area contributed by atoms with E-state index in [9.17, 15) is 5.26 Å². The quantitative estimate of drug-likeness (QED) is 0.166. The molecule has 4 nitrogen and oxygen atoms in total. The lowest BCUT2D eigenvalue weighted by atomic mass is 9.67. The maximum atomic E-state index is 10.8. The topological polar surface area (TPSA) is 53.9 Å². The molecule has 0 fully saturated rings. The molecule has 1 aliphatic carbocycles. The lowest BCUT2D eigenvalue weighted by molar-refractivity contribution is 0.722. The lowest BCUT2D eigenvalue weighted by Gasteiger charge is -2.39. The van der Waals surface area contributed by atoms with Crippen molar-refractivity contribution in [3.63, 3.8) is 0 Å². The lowest BCUT2D eigenvalue weighted by Crippen LogP contribution is -2.31. The number of nitrogens with zero attached hydrogens (tertiary/aromatic N) is 4. The van der Waals surface area contributed by atoms with E-state index in [-0.39, 0.29) is 0 Å².